The van der Waals surface area contributed by atoms with Gasteiger partial charge in [-0.05, 0) is 67.8 Å². The molecule has 1 amide bonds. The molecule has 0 saturated heterocycles. The van der Waals surface area contributed by atoms with Gasteiger partial charge in [0, 0.05) is 35.8 Å². The number of ether oxygens (including phenoxy) is 1. The third-order valence-corrected chi connectivity index (χ3v) is 7.10. The van der Waals surface area contributed by atoms with Crippen LogP contribution in [0.25, 0.3) is 0 Å². The number of amides is 1. The minimum Gasteiger partial charge on any atom is -0.457 e. The Bertz CT molecular complexity index is 1360. The number of pyridine rings is 1. The second-order valence-electron chi connectivity index (χ2n) is 8.12. The van der Waals surface area contributed by atoms with Gasteiger partial charge < -0.3 is 10.1 Å². The summed E-state index contributed by atoms with van der Waals surface area (Å²) in [7, 11) is -3.98. The number of hydrogen-bond donors (Lipinski definition) is 2. The molecule has 0 unspecified atom stereocenters. The summed E-state index contributed by atoms with van der Waals surface area (Å²) >= 11 is 0. The molecule has 1 aromatic heterocycles. The van der Waals surface area contributed by atoms with Crippen LogP contribution >= 0.6 is 0 Å². The molecule has 4 rings (SSSR count). The lowest BCUT2D eigenvalue weighted by Crippen LogP contribution is -2.41. The molecule has 0 aliphatic heterocycles. The van der Waals surface area contributed by atoms with E-state index in [9.17, 15) is 28.1 Å². The van der Waals surface area contributed by atoms with Crippen molar-refractivity contribution in [2.24, 2.45) is 0 Å². The van der Waals surface area contributed by atoms with Crippen LogP contribution in [0.4, 0.5) is 11.4 Å². The maximum Gasteiger partial charge on any atom is 0.338 e. The first kappa shape index (κ1) is 24.8. The van der Waals surface area contributed by atoms with Gasteiger partial charge in [-0.3, -0.25) is 24.6 Å². The fourth-order valence-electron chi connectivity index (χ4n) is 3.83. The number of nitro benzene ring substituents is 1. The fourth-order valence-corrected chi connectivity index (χ4v) is 4.89. The van der Waals surface area contributed by atoms with Crippen LogP contribution in [-0.2, 0) is 14.8 Å². The summed E-state index contributed by atoms with van der Waals surface area (Å²) in [5.41, 5.74) is 0.666. The van der Waals surface area contributed by atoms with Crippen LogP contribution in [0.5, 0.6) is 0 Å². The Morgan fingerprint density at radius 2 is 1.61 bits per heavy atom. The van der Waals surface area contributed by atoms with Crippen LogP contribution in [0.1, 0.15) is 40.0 Å². The molecular weight excluding hydrogens is 488 g/mol. The molecule has 12 heteroatoms. The van der Waals surface area contributed by atoms with E-state index >= 15 is 0 Å². The molecule has 1 aliphatic rings. The summed E-state index contributed by atoms with van der Waals surface area (Å²) in [5, 5.41) is 13.7. The lowest BCUT2D eigenvalue weighted by molar-refractivity contribution is -0.384. The van der Waals surface area contributed by atoms with Crippen LogP contribution in [0.2, 0.25) is 0 Å². The molecule has 11 nitrogen and oxygen atoms in total. The number of esters is 1. The summed E-state index contributed by atoms with van der Waals surface area (Å²) in [6, 6.07) is 13.0. The van der Waals surface area contributed by atoms with Crippen molar-refractivity contribution < 1.29 is 27.7 Å². The second-order valence-corrected chi connectivity index (χ2v) is 9.81. The summed E-state index contributed by atoms with van der Waals surface area (Å²) < 4.78 is 33.1. The van der Waals surface area contributed by atoms with E-state index in [-0.39, 0.29) is 33.8 Å². The smallest absolute Gasteiger partial charge is 0.338 e. The van der Waals surface area contributed by atoms with E-state index in [1.165, 1.54) is 36.7 Å². The average molecular weight is 511 g/mol. The van der Waals surface area contributed by atoms with E-state index in [0.29, 0.717) is 18.4 Å². The van der Waals surface area contributed by atoms with Crippen LogP contribution < -0.4 is 10.0 Å². The van der Waals surface area contributed by atoms with Gasteiger partial charge in [0.05, 0.1) is 21.4 Å². The van der Waals surface area contributed by atoms with Crippen molar-refractivity contribution in [2.75, 3.05) is 4.72 Å². The predicted octanol–water partition coefficient (Wildman–Crippen LogP) is 3.30. The number of rotatable bonds is 8. The van der Waals surface area contributed by atoms with Crippen LogP contribution in [0.3, 0.4) is 0 Å². The molecule has 0 bridgehead atoms. The van der Waals surface area contributed by atoms with Crippen LogP contribution in [0.15, 0.2) is 78.0 Å². The average Bonchev–Trinajstić information content (AvgIpc) is 3.31. The SMILES string of the molecule is O=C(N[C@@H]1CCC[C@H]1OC(=O)c1ccc(NS(=O)(=O)c2ccc([N+](=O)[O-])cc2)cc1)c1ccncc1. The number of non-ortho nitro benzene ring substituents is 1. The van der Waals surface area contributed by atoms with Gasteiger partial charge in [0.2, 0.25) is 0 Å². The summed E-state index contributed by atoms with van der Waals surface area (Å²) in [6.45, 7) is 0. The summed E-state index contributed by atoms with van der Waals surface area (Å²) in [6.07, 6.45) is 4.65. The molecule has 1 saturated carbocycles. The third kappa shape index (κ3) is 5.84. The zero-order chi connectivity index (χ0) is 25.7. The van der Waals surface area contributed by atoms with E-state index in [1.807, 2.05) is 0 Å². The first-order chi connectivity index (χ1) is 17.2. The second kappa shape index (κ2) is 10.5. The van der Waals surface area contributed by atoms with Crippen LogP contribution in [-0.4, -0.2) is 42.3 Å². The van der Waals surface area contributed by atoms with Crippen molar-refractivity contribution in [3.8, 4) is 0 Å². The third-order valence-electron chi connectivity index (χ3n) is 5.70. The zero-order valence-electron chi connectivity index (χ0n) is 18.9. The largest absolute Gasteiger partial charge is 0.457 e. The highest BCUT2D eigenvalue weighted by atomic mass is 32.2. The van der Waals surface area contributed by atoms with Crippen molar-refractivity contribution in [2.45, 2.75) is 36.3 Å². The van der Waals surface area contributed by atoms with Crippen molar-refractivity contribution >= 4 is 33.3 Å². The van der Waals surface area contributed by atoms with E-state index in [2.05, 4.69) is 15.0 Å². The van der Waals surface area contributed by atoms with E-state index in [4.69, 9.17) is 4.74 Å². The molecule has 1 aliphatic carbocycles. The lowest BCUT2D eigenvalue weighted by atomic mass is 10.1. The number of aromatic nitrogens is 1. The Morgan fingerprint density at radius 3 is 2.25 bits per heavy atom. The van der Waals surface area contributed by atoms with Gasteiger partial charge in [0.1, 0.15) is 6.10 Å². The molecule has 36 heavy (non-hydrogen) atoms. The normalized spacial score (nSPS) is 17.2. The topological polar surface area (TPSA) is 158 Å². The standard InChI is InChI=1S/C24H22N4O7S/c29-23(16-12-14-25-15-13-16)26-21-2-1-3-22(21)35-24(30)17-4-6-18(7-5-17)27-36(33,34)20-10-8-19(9-11-20)28(31)32/h4-15,21-22,27H,1-3H2,(H,26,29)/t21-,22-/m1/s1. The molecule has 3 aromatic rings. The highest BCUT2D eigenvalue weighted by Gasteiger charge is 2.32. The van der Waals surface area contributed by atoms with Gasteiger partial charge in [0.15, 0.2) is 0 Å². The molecule has 0 spiro atoms. The Balaban J connectivity index is 1.36. The van der Waals surface area contributed by atoms with Gasteiger partial charge in [-0.15, -0.1) is 0 Å². The monoisotopic (exact) mass is 510 g/mol. The number of anilines is 1. The van der Waals surface area contributed by atoms with Gasteiger partial charge in [-0.1, -0.05) is 0 Å². The van der Waals surface area contributed by atoms with Crippen molar-refractivity contribution in [1.82, 2.24) is 10.3 Å². The molecular formula is C24H22N4O7S. The lowest BCUT2D eigenvalue weighted by Gasteiger charge is -2.21. The molecule has 1 fully saturated rings. The maximum absolute atomic E-state index is 12.7. The van der Waals surface area contributed by atoms with E-state index in [1.54, 1.807) is 12.1 Å². The van der Waals surface area contributed by atoms with E-state index in [0.717, 1.165) is 30.7 Å². The van der Waals surface area contributed by atoms with Gasteiger partial charge >= 0.3 is 5.97 Å². The predicted molar refractivity (Wildman–Crippen MR) is 129 cm³/mol. The minimum atomic E-state index is -3.98. The molecule has 2 atom stereocenters. The minimum absolute atomic E-state index is 0.141. The Hall–Kier alpha value is -4.32. The van der Waals surface area contributed by atoms with Gasteiger partial charge in [-0.2, -0.15) is 0 Å². The number of nitrogens with one attached hydrogen (secondary N) is 2. The van der Waals surface area contributed by atoms with E-state index < -0.39 is 27.0 Å². The van der Waals surface area contributed by atoms with Gasteiger partial charge in [0.25, 0.3) is 21.6 Å². The molecule has 2 aromatic carbocycles. The Kier molecular flexibility index (Phi) is 7.25. The molecule has 2 N–H and O–H groups in total. The summed E-state index contributed by atoms with van der Waals surface area (Å²) in [4.78, 5) is 39.0. The van der Waals surface area contributed by atoms with Gasteiger partial charge in [-0.25, -0.2) is 13.2 Å². The number of benzene rings is 2. The molecule has 1 heterocycles. The Morgan fingerprint density at radius 1 is 0.944 bits per heavy atom. The maximum atomic E-state index is 12.7. The number of sulfonamides is 1. The quantitative estimate of drug-likeness (QED) is 0.265. The first-order valence-electron chi connectivity index (χ1n) is 11.0. The first-order valence-corrected chi connectivity index (χ1v) is 12.5. The number of hydrogen-bond acceptors (Lipinski definition) is 8. The molecule has 0 radical (unpaired) electrons. The fraction of sp³-hybridized carbons (Fsp3) is 0.208. The molecule has 186 valence electrons. The van der Waals surface area contributed by atoms with Crippen molar-refractivity contribution in [3.05, 3.63) is 94.3 Å². The Labute approximate surface area is 206 Å². The highest BCUT2D eigenvalue weighted by Crippen LogP contribution is 2.25. The zero-order valence-corrected chi connectivity index (χ0v) is 19.7. The highest BCUT2D eigenvalue weighted by molar-refractivity contribution is 7.92. The number of carbonyl (C=O) groups excluding carboxylic acids is 2. The van der Waals surface area contributed by atoms with Crippen molar-refractivity contribution in [3.63, 3.8) is 0 Å². The van der Waals surface area contributed by atoms with Crippen LogP contribution in [0, 0.1) is 10.1 Å². The summed E-state index contributed by atoms with van der Waals surface area (Å²) in [5.74, 6) is -0.857. The van der Waals surface area contributed by atoms with Crippen molar-refractivity contribution in [1.29, 1.82) is 0 Å². The number of carbonyl (C=O) groups is 2. The number of nitrogens with zero attached hydrogens (tertiary/aromatic N) is 2. The number of nitro groups is 1.